The molecule has 0 aliphatic carbocycles. The predicted octanol–water partition coefficient (Wildman–Crippen LogP) is 4.33. The van der Waals surface area contributed by atoms with Crippen molar-refractivity contribution in [3.63, 3.8) is 0 Å². The average molecular weight is 474 g/mol. The number of hydrogen-bond acceptors (Lipinski definition) is 6. The number of rotatable bonds is 9. The molecule has 35 heavy (non-hydrogen) atoms. The van der Waals surface area contributed by atoms with Crippen molar-refractivity contribution in [2.45, 2.75) is 19.9 Å². The highest BCUT2D eigenvalue weighted by molar-refractivity contribution is 5.85. The number of para-hydroxylation sites is 1. The molecule has 1 aliphatic rings. The third kappa shape index (κ3) is 5.60. The van der Waals surface area contributed by atoms with Crippen LogP contribution in [-0.4, -0.2) is 65.3 Å². The number of aliphatic carboxylic acids is 1. The molecule has 1 aromatic heterocycles. The minimum Gasteiger partial charge on any atom is -0.479 e. The summed E-state index contributed by atoms with van der Waals surface area (Å²) in [5, 5.41) is 13.9. The van der Waals surface area contributed by atoms with E-state index in [1.165, 1.54) is 0 Å². The van der Waals surface area contributed by atoms with E-state index in [-0.39, 0.29) is 0 Å². The van der Waals surface area contributed by atoms with Crippen LogP contribution in [0.5, 0.6) is 5.75 Å². The molecule has 8 nitrogen and oxygen atoms in total. The van der Waals surface area contributed by atoms with E-state index >= 15 is 0 Å². The minimum absolute atomic E-state index is 0.415. The molecular weight excluding hydrogens is 442 g/mol. The van der Waals surface area contributed by atoms with Gasteiger partial charge in [-0.15, -0.1) is 0 Å². The minimum atomic E-state index is -1.02. The third-order valence-corrected chi connectivity index (χ3v) is 6.12. The number of benzene rings is 2. The molecule has 2 heterocycles. The van der Waals surface area contributed by atoms with Crippen LogP contribution in [0.25, 0.3) is 11.8 Å². The molecule has 1 N–H and O–H groups in total. The lowest BCUT2D eigenvalue weighted by Crippen LogP contribution is -2.31. The molecule has 182 valence electrons. The monoisotopic (exact) mass is 473 g/mol. The summed E-state index contributed by atoms with van der Waals surface area (Å²) in [6.07, 6.45) is 4.67. The maximum absolute atomic E-state index is 11.2. The van der Waals surface area contributed by atoms with Gasteiger partial charge in [-0.25, -0.2) is 9.48 Å². The van der Waals surface area contributed by atoms with Gasteiger partial charge in [-0.2, -0.15) is 5.10 Å². The van der Waals surface area contributed by atoms with Crippen LogP contribution in [0.4, 0.5) is 11.4 Å². The lowest BCUT2D eigenvalue weighted by Gasteiger charge is -2.28. The standard InChI is InChI=1S/C27H31N5O3/c1-4-21-17-20(2)27(35-19-24(33)34)26(25(21)28-3)31-13-8-12-30(15-16-31)18-22-11-14-32(29-22)23-9-6-5-7-10-23/h4-7,9-11,14,17H,1,3,8,12-13,15-16,18-19H2,2H3,(H,33,34). The van der Waals surface area contributed by atoms with Gasteiger partial charge >= 0.3 is 5.97 Å². The van der Waals surface area contributed by atoms with E-state index in [1.54, 1.807) is 6.08 Å². The Labute approximate surface area is 205 Å². The number of carboxylic acids is 1. The highest BCUT2D eigenvalue weighted by Crippen LogP contribution is 2.44. The fourth-order valence-electron chi connectivity index (χ4n) is 4.48. The fraction of sp³-hybridized carbons (Fsp3) is 0.296. The van der Waals surface area contributed by atoms with Crippen LogP contribution in [0.3, 0.4) is 0 Å². The number of anilines is 1. The molecule has 0 amide bonds. The van der Waals surface area contributed by atoms with Crippen LogP contribution in [0.15, 0.2) is 60.2 Å². The molecule has 1 aliphatic heterocycles. The lowest BCUT2D eigenvalue weighted by molar-refractivity contribution is -0.139. The van der Waals surface area contributed by atoms with E-state index in [0.29, 0.717) is 11.4 Å². The van der Waals surface area contributed by atoms with E-state index < -0.39 is 12.6 Å². The molecule has 0 spiro atoms. The first kappa shape index (κ1) is 24.2. The topological polar surface area (TPSA) is 83.2 Å². The van der Waals surface area contributed by atoms with Crippen molar-refractivity contribution in [3.05, 3.63) is 72.1 Å². The molecular formula is C27H31N5O3. The van der Waals surface area contributed by atoms with Gasteiger partial charge in [-0.05, 0) is 49.9 Å². The van der Waals surface area contributed by atoms with Crippen molar-refractivity contribution in [1.82, 2.24) is 14.7 Å². The summed E-state index contributed by atoms with van der Waals surface area (Å²) < 4.78 is 7.64. The van der Waals surface area contributed by atoms with Crippen molar-refractivity contribution in [3.8, 4) is 11.4 Å². The maximum atomic E-state index is 11.2. The number of aryl methyl sites for hydroxylation is 1. The van der Waals surface area contributed by atoms with Crippen molar-refractivity contribution < 1.29 is 14.6 Å². The van der Waals surface area contributed by atoms with E-state index in [1.807, 2.05) is 54.2 Å². The van der Waals surface area contributed by atoms with Gasteiger partial charge in [0, 0.05) is 44.5 Å². The third-order valence-electron chi connectivity index (χ3n) is 6.12. The first-order valence-corrected chi connectivity index (χ1v) is 11.7. The smallest absolute Gasteiger partial charge is 0.341 e. The summed E-state index contributed by atoms with van der Waals surface area (Å²) in [5.41, 5.74) is 5.20. The highest BCUT2D eigenvalue weighted by atomic mass is 16.5. The van der Waals surface area contributed by atoms with Gasteiger partial charge in [-0.1, -0.05) is 30.9 Å². The normalized spacial score (nSPS) is 14.4. The first-order chi connectivity index (χ1) is 17.0. The number of aliphatic imine (C=N–C) groups is 1. The molecule has 1 fully saturated rings. The quantitative estimate of drug-likeness (QED) is 0.466. The number of nitrogens with zero attached hydrogens (tertiary/aromatic N) is 5. The zero-order valence-corrected chi connectivity index (χ0v) is 20.1. The number of carbonyl (C=O) groups is 1. The molecule has 0 radical (unpaired) electrons. The average Bonchev–Trinajstić information content (AvgIpc) is 3.21. The Hall–Kier alpha value is -3.91. The van der Waals surface area contributed by atoms with Crippen LogP contribution in [0.1, 0.15) is 23.2 Å². The Morgan fingerprint density at radius 3 is 2.71 bits per heavy atom. The zero-order chi connectivity index (χ0) is 24.8. The first-order valence-electron chi connectivity index (χ1n) is 11.7. The van der Waals surface area contributed by atoms with Gasteiger partial charge in [0.1, 0.15) is 11.4 Å². The van der Waals surface area contributed by atoms with Crippen LogP contribution in [0.2, 0.25) is 0 Å². The van der Waals surface area contributed by atoms with Crippen molar-refractivity contribution in [1.29, 1.82) is 0 Å². The second-order valence-electron chi connectivity index (χ2n) is 8.56. The van der Waals surface area contributed by atoms with Crippen LogP contribution >= 0.6 is 0 Å². The van der Waals surface area contributed by atoms with E-state index in [2.05, 4.69) is 34.2 Å². The second-order valence-corrected chi connectivity index (χ2v) is 8.56. The van der Waals surface area contributed by atoms with Crippen molar-refractivity contribution in [2.24, 2.45) is 4.99 Å². The Kier molecular flexibility index (Phi) is 7.62. The van der Waals surface area contributed by atoms with Gasteiger partial charge < -0.3 is 14.7 Å². The maximum Gasteiger partial charge on any atom is 0.341 e. The highest BCUT2D eigenvalue weighted by Gasteiger charge is 2.25. The largest absolute Gasteiger partial charge is 0.479 e. The van der Waals surface area contributed by atoms with E-state index in [9.17, 15) is 9.90 Å². The Morgan fingerprint density at radius 1 is 1.20 bits per heavy atom. The number of carboxylic acid groups (broad SMARTS) is 1. The number of hydrogen-bond donors (Lipinski definition) is 1. The molecule has 3 aromatic rings. The summed E-state index contributed by atoms with van der Waals surface area (Å²) in [6.45, 7) is 13.2. The van der Waals surface area contributed by atoms with E-state index in [0.717, 1.165) is 67.3 Å². The zero-order valence-electron chi connectivity index (χ0n) is 20.1. The van der Waals surface area contributed by atoms with Crippen LogP contribution in [-0.2, 0) is 11.3 Å². The Balaban J connectivity index is 1.53. The molecule has 4 rings (SSSR count). The second kappa shape index (κ2) is 11.0. The Morgan fingerprint density at radius 2 is 2.00 bits per heavy atom. The summed E-state index contributed by atoms with van der Waals surface area (Å²) in [7, 11) is 0. The van der Waals surface area contributed by atoms with Crippen molar-refractivity contribution in [2.75, 3.05) is 37.7 Å². The number of aromatic nitrogens is 2. The lowest BCUT2D eigenvalue weighted by atomic mass is 10.0. The molecule has 2 aromatic carbocycles. The fourth-order valence-corrected chi connectivity index (χ4v) is 4.48. The SMILES string of the molecule is C=Cc1cc(C)c(OCC(=O)O)c(N2CCCN(Cc3ccn(-c4ccccc4)n3)CC2)c1N=C. The van der Waals surface area contributed by atoms with Gasteiger partial charge in [0.2, 0.25) is 0 Å². The molecule has 0 saturated carbocycles. The predicted molar refractivity (Wildman–Crippen MR) is 139 cm³/mol. The summed E-state index contributed by atoms with van der Waals surface area (Å²) >= 11 is 0. The number of ether oxygens (including phenoxy) is 1. The molecule has 1 saturated heterocycles. The molecule has 0 atom stereocenters. The summed E-state index contributed by atoms with van der Waals surface area (Å²) in [4.78, 5) is 20.1. The summed E-state index contributed by atoms with van der Waals surface area (Å²) in [6, 6.07) is 14.0. The van der Waals surface area contributed by atoms with Gasteiger partial charge in [0.25, 0.3) is 0 Å². The molecule has 8 heteroatoms. The molecule has 0 bridgehead atoms. The van der Waals surface area contributed by atoms with Crippen LogP contribution < -0.4 is 9.64 Å². The van der Waals surface area contributed by atoms with E-state index in [4.69, 9.17) is 9.84 Å². The van der Waals surface area contributed by atoms with Crippen LogP contribution in [0, 0.1) is 6.92 Å². The van der Waals surface area contributed by atoms with Gasteiger partial charge in [-0.3, -0.25) is 9.89 Å². The van der Waals surface area contributed by atoms with Crippen molar-refractivity contribution >= 4 is 30.1 Å². The van der Waals surface area contributed by atoms with Gasteiger partial charge in [0.15, 0.2) is 6.61 Å². The Bertz CT molecular complexity index is 1210. The van der Waals surface area contributed by atoms with Gasteiger partial charge in [0.05, 0.1) is 17.1 Å². The molecule has 0 unspecified atom stereocenters. The summed E-state index contributed by atoms with van der Waals surface area (Å²) in [5.74, 6) is -0.483.